The number of nitro groups is 1. The average molecular weight is 454 g/mol. The molecule has 0 saturated heterocycles. The van der Waals surface area contributed by atoms with Crippen LogP contribution in [0.3, 0.4) is 0 Å². The highest BCUT2D eigenvalue weighted by atomic mass is 35.5. The molecular formula is C25H28ClN3O3. The number of benzene rings is 2. The minimum Gasteiger partial charge on any atom is -0.345 e. The number of halogens is 1. The van der Waals surface area contributed by atoms with Crippen molar-refractivity contribution in [3.05, 3.63) is 98.3 Å². The number of carbonyl (C=O) groups is 1. The molecule has 32 heavy (non-hydrogen) atoms. The molecule has 1 aromatic heterocycles. The fraction of sp³-hybridized carbons (Fsp3) is 0.320. The maximum absolute atomic E-state index is 13.3. The number of nitro benzene ring substituents is 1. The number of unbranched alkanes of at least 4 members (excludes halogenated alkanes) is 2. The Morgan fingerprint density at radius 2 is 1.94 bits per heavy atom. The number of hydrogen-bond donors (Lipinski definition) is 0. The van der Waals surface area contributed by atoms with E-state index in [1.165, 1.54) is 6.07 Å². The molecule has 0 fully saturated rings. The summed E-state index contributed by atoms with van der Waals surface area (Å²) in [7, 11) is 0. The third kappa shape index (κ3) is 5.98. The fourth-order valence-electron chi connectivity index (χ4n) is 3.70. The van der Waals surface area contributed by atoms with Crippen molar-refractivity contribution in [3.8, 4) is 0 Å². The zero-order valence-electron chi connectivity index (χ0n) is 18.5. The van der Waals surface area contributed by atoms with Gasteiger partial charge in [-0.1, -0.05) is 49.6 Å². The molecule has 1 amide bonds. The summed E-state index contributed by atoms with van der Waals surface area (Å²) < 4.78 is 2.10. The molecule has 0 radical (unpaired) electrons. The smallest absolute Gasteiger partial charge is 0.273 e. The van der Waals surface area contributed by atoms with Crippen LogP contribution in [0.25, 0.3) is 0 Å². The van der Waals surface area contributed by atoms with Gasteiger partial charge in [-0.3, -0.25) is 14.9 Å². The van der Waals surface area contributed by atoms with Crippen molar-refractivity contribution in [2.75, 3.05) is 6.54 Å². The minimum atomic E-state index is -0.441. The molecule has 0 spiro atoms. The van der Waals surface area contributed by atoms with Gasteiger partial charge in [0.05, 0.1) is 11.5 Å². The second-order valence-electron chi connectivity index (χ2n) is 7.95. The predicted molar refractivity (Wildman–Crippen MR) is 127 cm³/mol. The molecule has 0 aliphatic rings. The molecule has 7 heteroatoms. The SMILES string of the molecule is CCCCCN(Cc1cccn1Cc1cccc(Cl)c1)C(=O)c1ccc(C)c([N+](=O)[O-])c1. The Kier molecular flexibility index (Phi) is 8.06. The summed E-state index contributed by atoms with van der Waals surface area (Å²) in [5.74, 6) is -0.195. The topological polar surface area (TPSA) is 68.4 Å². The Balaban J connectivity index is 1.84. The van der Waals surface area contributed by atoms with E-state index < -0.39 is 4.92 Å². The van der Waals surface area contributed by atoms with Crippen molar-refractivity contribution in [3.63, 3.8) is 0 Å². The number of hydrogen-bond acceptors (Lipinski definition) is 3. The molecule has 0 aliphatic heterocycles. The lowest BCUT2D eigenvalue weighted by atomic mass is 10.1. The molecule has 6 nitrogen and oxygen atoms in total. The monoisotopic (exact) mass is 453 g/mol. The molecule has 0 aliphatic carbocycles. The molecule has 0 bridgehead atoms. The maximum Gasteiger partial charge on any atom is 0.273 e. The van der Waals surface area contributed by atoms with Crippen LogP contribution in [0.15, 0.2) is 60.8 Å². The molecular weight excluding hydrogens is 426 g/mol. The van der Waals surface area contributed by atoms with E-state index in [2.05, 4.69) is 11.5 Å². The maximum atomic E-state index is 13.3. The number of amides is 1. The summed E-state index contributed by atoms with van der Waals surface area (Å²) in [5, 5.41) is 12.0. The number of rotatable bonds is 10. The molecule has 0 saturated carbocycles. The summed E-state index contributed by atoms with van der Waals surface area (Å²) in [6.45, 7) is 5.46. The van der Waals surface area contributed by atoms with Gasteiger partial charge in [0.25, 0.3) is 11.6 Å². The molecule has 0 N–H and O–H groups in total. The van der Waals surface area contributed by atoms with Crippen molar-refractivity contribution in [2.24, 2.45) is 0 Å². The molecule has 3 rings (SSSR count). The number of carbonyl (C=O) groups excluding carboxylic acids is 1. The second kappa shape index (κ2) is 11.0. The van der Waals surface area contributed by atoms with Crippen LogP contribution in [0.4, 0.5) is 5.69 Å². The van der Waals surface area contributed by atoms with E-state index in [9.17, 15) is 14.9 Å². The first-order valence-electron chi connectivity index (χ1n) is 10.8. The summed E-state index contributed by atoms with van der Waals surface area (Å²) in [6.07, 6.45) is 4.93. The second-order valence-corrected chi connectivity index (χ2v) is 8.39. The Morgan fingerprint density at radius 1 is 1.12 bits per heavy atom. The van der Waals surface area contributed by atoms with Gasteiger partial charge >= 0.3 is 0 Å². The van der Waals surface area contributed by atoms with E-state index in [-0.39, 0.29) is 11.6 Å². The molecule has 3 aromatic rings. The zero-order chi connectivity index (χ0) is 23.1. The summed E-state index contributed by atoms with van der Waals surface area (Å²) in [6, 6.07) is 16.4. The standard InChI is InChI=1S/C25H28ClN3O3/c1-3-4-5-13-28(25(30)21-12-11-19(2)24(16-21)29(31)32)18-23-10-7-14-27(23)17-20-8-6-9-22(26)15-20/h6-12,14-16H,3-5,13,17-18H2,1-2H3. The Morgan fingerprint density at radius 3 is 2.66 bits per heavy atom. The van der Waals surface area contributed by atoms with Gasteiger partial charge in [0.1, 0.15) is 0 Å². The van der Waals surface area contributed by atoms with E-state index in [1.54, 1.807) is 24.0 Å². The highest BCUT2D eigenvalue weighted by Crippen LogP contribution is 2.22. The summed E-state index contributed by atoms with van der Waals surface area (Å²) in [5.41, 5.74) is 2.92. The third-order valence-electron chi connectivity index (χ3n) is 5.49. The van der Waals surface area contributed by atoms with Gasteiger partial charge in [0.2, 0.25) is 0 Å². The van der Waals surface area contributed by atoms with Crippen LogP contribution < -0.4 is 0 Å². The first-order valence-corrected chi connectivity index (χ1v) is 11.2. The van der Waals surface area contributed by atoms with Crippen molar-refractivity contribution in [1.82, 2.24) is 9.47 Å². The van der Waals surface area contributed by atoms with Gasteiger partial charge in [0, 0.05) is 47.2 Å². The molecule has 0 atom stereocenters. The molecule has 168 valence electrons. The number of nitrogens with zero attached hydrogens (tertiary/aromatic N) is 3. The van der Waals surface area contributed by atoms with Crippen molar-refractivity contribution in [1.29, 1.82) is 0 Å². The fourth-order valence-corrected chi connectivity index (χ4v) is 3.91. The van der Waals surface area contributed by atoms with Gasteiger partial charge in [0.15, 0.2) is 0 Å². The highest BCUT2D eigenvalue weighted by molar-refractivity contribution is 6.30. The van der Waals surface area contributed by atoms with E-state index >= 15 is 0 Å². The summed E-state index contributed by atoms with van der Waals surface area (Å²) >= 11 is 6.13. The normalized spacial score (nSPS) is 10.8. The Hall–Kier alpha value is -3.12. The highest BCUT2D eigenvalue weighted by Gasteiger charge is 2.21. The van der Waals surface area contributed by atoms with Crippen LogP contribution >= 0.6 is 11.6 Å². The van der Waals surface area contributed by atoms with Crippen molar-refractivity contribution >= 4 is 23.2 Å². The van der Waals surface area contributed by atoms with E-state index in [0.29, 0.717) is 35.8 Å². The predicted octanol–water partition coefficient (Wildman–Crippen LogP) is 6.24. The van der Waals surface area contributed by atoms with E-state index in [0.717, 1.165) is 30.5 Å². The van der Waals surface area contributed by atoms with Crippen LogP contribution in [0.2, 0.25) is 5.02 Å². The quantitative estimate of drug-likeness (QED) is 0.207. The van der Waals surface area contributed by atoms with Gasteiger partial charge in [-0.2, -0.15) is 0 Å². The third-order valence-corrected chi connectivity index (χ3v) is 5.73. The molecule has 2 aromatic carbocycles. The van der Waals surface area contributed by atoms with Crippen LogP contribution in [0, 0.1) is 17.0 Å². The number of aromatic nitrogens is 1. The van der Waals surface area contributed by atoms with E-state index in [1.807, 2.05) is 42.6 Å². The Bertz CT molecular complexity index is 1090. The van der Waals surface area contributed by atoms with Gasteiger partial charge < -0.3 is 9.47 Å². The zero-order valence-corrected chi connectivity index (χ0v) is 19.2. The van der Waals surface area contributed by atoms with Gasteiger partial charge in [-0.15, -0.1) is 0 Å². The summed E-state index contributed by atoms with van der Waals surface area (Å²) in [4.78, 5) is 26.0. The average Bonchev–Trinajstić information content (AvgIpc) is 3.19. The van der Waals surface area contributed by atoms with Crippen molar-refractivity contribution < 1.29 is 9.72 Å². The lowest BCUT2D eigenvalue weighted by molar-refractivity contribution is -0.385. The molecule has 1 heterocycles. The lowest BCUT2D eigenvalue weighted by Gasteiger charge is -2.24. The first kappa shape index (κ1) is 23.5. The van der Waals surface area contributed by atoms with Crippen LogP contribution in [-0.4, -0.2) is 26.8 Å². The number of aryl methyl sites for hydroxylation is 1. The van der Waals surface area contributed by atoms with E-state index in [4.69, 9.17) is 11.6 Å². The first-order chi connectivity index (χ1) is 15.4. The largest absolute Gasteiger partial charge is 0.345 e. The minimum absolute atomic E-state index is 0.0336. The van der Waals surface area contributed by atoms with Crippen molar-refractivity contribution in [2.45, 2.75) is 46.2 Å². The van der Waals surface area contributed by atoms with Gasteiger partial charge in [-0.25, -0.2) is 0 Å². The van der Waals surface area contributed by atoms with Crippen LogP contribution in [0.1, 0.15) is 53.4 Å². The lowest BCUT2D eigenvalue weighted by Crippen LogP contribution is -2.32. The van der Waals surface area contributed by atoms with Gasteiger partial charge in [-0.05, 0) is 49.2 Å². The molecule has 0 unspecified atom stereocenters. The Labute approximate surface area is 193 Å². The van der Waals surface area contributed by atoms with Crippen LogP contribution in [-0.2, 0) is 13.1 Å². The van der Waals surface area contributed by atoms with Crippen LogP contribution in [0.5, 0.6) is 0 Å².